The Labute approximate surface area is 134 Å². The smallest absolute Gasteiger partial charge is 0.128 e. The zero-order chi connectivity index (χ0) is 14.7. The zero-order valence-corrected chi connectivity index (χ0v) is 14.3. The molecular weight excluding hydrogens is 389 g/mol. The van der Waals surface area contributed by atoms with E-state index >= 15 is 0 Å². The van der Waals surface area contributed by atoms with E-state index in [4.69, 9.17) is 4.74 Å². The Hall–Kier alpha value is -1.07. The predicted octanol–water partition coefficient (Wildman–Crippen LogP) is 5.53. The van der Waals surface area contributed by atoms with Gasteiger partial charge in [0.1, 0.15) is 11.6 Å². The van der Waals surface area contributed by atoms with Crippen molar-refractivity contribution in [2.45, 2.75) is 13.0 Å². The fourth-order valence-electron chi connectivity index (χ4n) is 1.94. The van der Waals surface area contributed by atoms with E-state index < -0.39 is 0 Å². The lowest BCUT2D eigenvalue weighted by molar-refractivity contribution is 0.414. The van der Waals surface area contributed by atoms with Crippen LogP contribution in [-0.4, -0.2) is 7.11 Å². The van der Waals surface area contributed by atoms with E-state index in [0.29, 0.717) is 5.56 Å². The molecule has 0 saturated carbocycles. The molecule has 5 heteroatoms. The second kappa shape index (κ2) is 6.59. The Morgan fingerprint density at radius 1 is 1.10 bits per heavy atom. The molecule has 1 unspecified atom stereocenters. The third-order valence-electron chi connectivity index (χ3n) is 2.91. The molecule has 0 aliphatic rings. The maximum absolute atomic E-state index is 13.9. The lowest BCUT2D eigenvalue weighted by Gasteiger charge is -2.17. The second-order valence-corrected chi connectivity index (χ2v) is 6.24. The van der Waals surface area contributed by atoms with Crippen LogP contribution < -0.4 is 10.1 Å². The van der Waals surface area contributed by atoms with Gasteiger partial charge in [-0.25, -0.2) is 4.39 Å². The molecule has 0 aromatic heterocycles. The highest BCUT2D eigenvalue weighted by Crippen LogP contribution is 2.29. The first-order chi connectivity index (χ1) is 9.49. The number of rotatable bonds is 4. The Morgan fingerprint density at radius 2 is 1.85 bits per heavy atom. The van der Waals surface area contributed by atoms with Crippen molar-refractivity contribution < 1.29 is 9.13 Å². The highest BCUT2D eigenvalue weighted by molar-refractivity contribution is 9.10. The molecule has 0 radical (unpaired) electrons. The van der Waals surface area contributed by atoms with Crippen LogP contribution in [0.4, 0.5) is 10.1 Å². The summed E-state index contributed by atoms with van der Waals surface area (Å²) >= 11 is 6.79. The van der Waals surface area contributed by atoms with Gasteiger partial charge in [-0.1, -0.05) is 31.9 Å². The molecule has 0 spiro atoms. The minimum absolute atomic E-state index is 0.161. The van der Waals surface area contributed by atoms with E-state index in [1.54, 1.807) is 19.2 Å². The Kier molecular flexibility index (Phi) is 5.05. The van der Waals surface area contributed by atoms with Crippen molar-refractivity contribution in [3.8, 4) is 5.75 Å². The average Bonchev–Trinajstić information content (AvgIpc) is 2.40. The summed E-state index contributed by atoms with van der Waals surface area (Å²) in [6, 6.07) is 10.4. The van der Waals surface area contributed by atoms with Crippen molar-refractivity contribution in [1.82, 2.24) is 0 Å². The van der Waals surface area contributed by atoms with Crippen molar-refractivity contribution in [1.29, 1.82) is 0 Å². The number of nitrogens with one attached hydrogen (secondary N) is 1. The molecule has 106 valence electrons. The van der Waals surface area contributed by atoms with Crippen LogP contribution in [0.1, 0.15) is 18.5 Å². The molecule has 0 bridgehead atoms. The van der Waals surface area contributed by atoms with Crippen LogP contribution in [0.15, 0.2) is 45.3 Å². The maximum atomic E-state index is 13.9. The van der Waals surface area contributed by atoms with Gasteiger partial charge in [-0.15, -0.1) is 0 Å². The summed E-state index contributed by atoms with van der Waals surface area (Å²) in [5.74, 6) is 0.513. The third-order valence-corrected chi connectivity index (χ3v) is 3.87. The fraction of sp³-hybridized carbons (Fsp3) is 0.200. The summed E-state index contributed by atoms with van der Waals surface area (Å²) in [5.41, 5.74) is 1.47. The summed E-state index contributed by atoms with van der Waals surface area (Å²) in [7, 11) is 1.61. The molecular formula is C15H14Br2FNO. The van der Waals surface area contributed by atoms with Crippen LogP contribution >= 0.6 is 31.9 Å². The summed E-state index contributed by atoms with van der Waals surface area (Å²) in [5, 5.41) is 3.27. The summed E-state index contributed by atoms with van der Waals surface area (Å²) < 4.78 is 20.8. The standard InChI is InChI=1S/C15H14Br2FNO/c1-9(14-7-10(16)3-4-15(14)18)19-12-5-11(17)6-13(8-12)20-2/h3-9,19H,1-2H3. The lowest BCUT2D eigenvalue weighted by Crippen LogP contribution is -2.08. The molecule has 0 heterocycles. The number of halogens is 3. The molecule has 2 aromatic carbocycles. The van der Waals surface area contributed by atoms with Crippen LogP contribution in [0.2, 0.25) is 0 Å². The van der Waals surface area contributed by atoms with Gasteiger partial charge >= 0.3 is 0 Å². The number of hydrogen-bond donors (Lipinski definition) is 1. The fourth-order valence-corrected chi connectivity index (χ4v) is 2.79. The highest BCUT2D eigenvalue weighted by atomic mass is 79.9. The Balaban J connectivity index is 2.25. The number of ether oxygens (including phenoxy) is 1. The van der Waals surface area contributed by atoms with Gasteiger partial charge in [0.2, 0.25) is 0 Å². The molecule has 2 nitrogen and oxygen atoms in total. The SMILES string of the molecule is COc1cc(Br)cc(NC(C)c2cc(Br)ccc2F)c1. The van der Waals surface area contributed by atoms with Crippen LogP contribution in [0.5, 0.6) is 5.75 Å². The van der Waals surface area contributed by atoms with Gasteiger partial charge in [0.05, 0.1) is 13.2 Å². The van der Waals surface area contributed by atoms with Gasteiger partial charge in [-0.3, -0.25) is 0 Å². The quantitative estimate of drug-likeness (QED) is 0.725. The van der Waals surface area contributed by atoms with Crippen molar-refractivity contribution >= 4 is 37.5 Å². The summed E-state index contributed by atoms with van der Waals surface area (Å²) in [4.78, 5) is 0. The van der Waals surface area contributed by atoms with Gasteiger partial charge in [-0.2, -0.15) is 0 Å². The minimum Gasteiger partial charge on any atom is -0.497 e. The van der Waals surface area contributed by atoms with Crippen LogP contribution in [-0.2, 0) is 0 Å². The molecule has 0 aliphatic heterocycles. The molecule has 0 amide bonds. The summed E-state index contributed by atoms with van der Waals surface area (Å²) in [6.45, 7) is 1.91. The van der Waals surface area contributed by atoms with E-state index in [0.717, 1.165) is 20.4 Å². The largest absolute Gasteiger partial charge is 0.497 e. The first kappa shape index (κ1) is 15.3. The average molecular weight is 403 g/mol. The number of methoxy groups -OCH3 is 1. The topological polar surface area (TPSA) is 21.3 Å². The van der Waals surface area contributed by atoms with Gasteiger partial charge < -0.3 is 10.1 Å². The molecule has 0 fully saturated rings. The van der Waals surface area contributed by atoms with Crippen molar-refractivity contribution in [3.05, 3.63) is 56.7 Å². The molecule has 2 aromatic rings. The molecule has 1 N–H and O–H groups in total. The number of anilines is 1. The first-order valence-corrected chi connectivity index (χ1v) is 7.64. The monoisotopic (exact) mass is 401 g/mol. The number of hydrogen-bond acceptors (Lipinski definition) is 2. The predicted molar refractivity (Wildman–Crippen MR) is 86.8 cm³/mol. The third kappa shape index (κ3) is 3.73. The molecule has 0 saturated heterocycles. The van der Waals surface area contributed by atoms with E-state index in [-0.39, 0.29) is 11.9 Å². The van der Waals surface area contributed by atoms with Crippen LogP contribution in [0, 0.1) is 5.82 Å². The lowest BCUT2D eigenvalue weighted by atomic mass is 10.1. The molecule has 20 heavy (non-hydrogen) atoms. The van der Waals surface area contributed by atoms with Crippen LogP contribution in [0.3, 0.4) is 0 Å². The van der Waals surface area contributed by atoms with Crippen molar-refractivity contribution in [2.24, 2.45) is 0 Å². The van der Waals surface area contributed by atoms with Crippen molar-refractivity contribution in [2.75, 3.05) is 12.4 Å². The first-order valence-electron chi connectivity index (χ1n) is 6.05. The van der Waals surface area contributed by atoms with E-state index in [2.05, 4.69) is 37.2 Å². The van der Waals surface area contributed by atoms with Gasteiger partial charge in [0.15, 0.2) is 0 Å². The molecule has 2 rings (SSSR count). The van der Waals surface area contributed by atoms with Gasteiger partial charge in [0.25, 0.3) is 0 Å². The van der Waals surface area contributed by atoms with E-state index in [9.17, 15) is 4.39 Å². The van der Waals surface area contributed by atoms with Crippen LogP contribution in [0.25, 0.3) is 0 Å². The zero-order valence-electron chi connectivity index (χ0n) is 11.1. The second-order valence-electron chi connectivity index (χ2n) is 4.41. The highest BCUT2D eigenvalue weighted by Gasteiger charge is 2.12. The molecule has 1 atom stereocenters. The van der Waals surface area contributed by atoms with E-state index in [1.165, 1.54) is 6.07 Å². The number of benzene rings is 2. The van der Waals surface area contributed by atoms with E-state index in [1.807, 2.05) is 25.1 Å². The molecule has 0 aliphatic carbocycles. The minimum atomic E-state index is -0.227. The van der Waals surface area contributed by atoms with Gasteiger partial charge in [0, 0.05) is 26.3 Å². The maximum Gasteiger partial charge on any atom is 0.128 e. The Bertz CT molecular complexity index is 619. The summed E-state index contributed by atoms with van der Waals surface area (Å²) in [6.07, 6.45) is 0. The van der Waals surface area contributed by atoms with Crippen molar-refractivity contribution in [3.63, 3.8) is 0 Å². The van der Waals surface area contributed by atoms with Gasteiger partial charge in [-0.05, 0) is 37.3 Å². The Morgan fingerprint density at radius 3 is 2.55 bits per heavy atom. The normalized spacial score (nSPS) is 12.1.